The molecule has 0 aliphatic carbocycles. The van der Waals surface area contributed by atoms with Crippen molar-refractivity contribution in [2.75, 3.05) is 0 Å². The Morgan fingerprint density at radius 3 is 2.89 bits per heavy atom. The van der Waals surface area contributed by atoms with Crippen molar-refractivity contribution < 1.29 is 9.18 Å². The van der Waals surface area contributed by atoms with Gasteiger partial charge in [0.1, 0.15) is 5.82 Å². The van der Waals surface area contributed by atoms with E-state index < -0.39 is 5.82 Å². The van der Waals surface area contributed by atoms with Gasteiger partial charge in [0, 0.05) is 16.5 Å². The first-order chi connectivity index (χ1) is 9.16. The van der Waals surface area contributed by atoms with Crippen LogP contribution in [0, 0.1) is 5.82 Å². The van der Waals surface area contributed by atoms with Gasteiger partial charge in [0.15, 0.2) is 0 Å². The number of rotatable bonds is 4. The van der Waals surface area contributed by atoms with E-state index in [9.17, 15) is 9.18 Å². The average molecular weight is 296 g/mol. The molecule has 0 saturated carbocycles. The Balaban J connectivity index is 1.96. The third-order valence-electron chi connectivity index (χ3n) is 2.42. The zero-order valence-electron chi connectivity index (χ0n) is 9.90. The lowest BCUT2D eigenvalue weighted by Gasteiger charge is -2.01. The van der Waals surface area contributed by atoms with Crippen LogP contribution in [0.1, 0.15) is 10.4 Å². The lowest BCUT2D eigenvalue weighted by molar-refractivity contribution is -0.116. The minimum absolute atomic E-state index is 0.218. The van der Waals surface area contributed by atoms with Gasteiger partial charge in [0.25, 0.3) is 0 Å². The Bertz CT molecular complexity index is 575. The van der Waals surface area contributed by atoms with E-state index in [-0.39, 0.29) is 16.5 Å². The van der Waals surface area contributed by atoms with Gasteiger partial charge in [-0.05, 0) is 29.7 Å². The highest BCUT2D eigenvalue weighted by molar-refractivity contribution is 7.09. The van der Waals surface area contributed by atoms with Crippen LogP contribution in [0.25, 0.3) is 6.08 Å². The van der Waals surface area contributed by atoms with E-state index in [1.165, 1.54) is 24.3 Å². The van der Waals surface area contributed by atoms with Crippen molar-refractivity contribution in [2.45, 2.75) is 6.54 Å². The molecule has 2 nitrogen and oxygen atoms in total. The molecule has 0 unspecified atom stereocenters. The maximum Gasteiger partial charge on any atom is 0.244 e. The molecule has 19 heavy (non-hydrogen) atoms. The van der Waals surface area contributed by atoms with Crippen LogP contribution in [-0.2, 0) is 11.3 Å². The summed E-state index contributed by atoms with van der Waals surface area (Å²) >= 11 is 7.41. The number of halogens is 2. The maximum absolute atomic E-state index is 13.4. The standard InChI is InChI=1S/C14H11ClFNOS/c15-12-4-1-5-13(16)11(12)6-7-14(18)17-9-10-3-2-8-19-10/h1-8H,9H2,(H,17,18)/b7-6+. The summed E-state index contributed by atoms with van der Waals surface area (Å²) in [6, 6.07) is 8.25. The van der Waals surface area contributed by atoms with Crippen LogP contribution in [0.15, 0.2) is 41.8 Å². The fourth-order valence-electron chi connectivity index (χ4n) is 1.48. The largest absolute Gasteiger partial charge is 0.348 e. The van der Waals surface area contributed by atoms with E-state index in [1.54, 1.807) is 17.4 Å². The quantitative estimate of drug-likeness (QED) is 0.852. The summed E-state index contributed by atoms with van der Waals surface area (Å²) in [5.74, 6) is -0.734. The molecule has 5 heteroatoms. The van der Waals surface area contributed by atoms with Gasteiger partial charge >= 0.3 is 0 Å². The molecule has 1 heterocycles. The molecule has 0 saturated heterocycles. The summed E-state index contributed by atoms with van der Waals surface area (Å²) in [6.07, 6.45) is 2.65. The monoisotopic (exact) mass is 295 g/mol. The van der Waals surface area contributed by atoms with Crippen molar-refractivity contribution in [1.29, 1.82) is 0 Å². The molecule has 0 spiro atoms. The number of thiophene rings is 1. The predicted molar refractivity (Wildman–Crippen MR) is 76.6 cm³/mol. The fraction of sp³-hybridized carbons (Fsp3) is 0.0714. The molecule has 2 aromatic rings. The van der Waals surface area contributed by atoms with Gasteiger partial charge in [-0.1, -0.05) is 23.7 Å². The predicted octanol–water partition coefficient (Wildman–Crippen LogP) is 3.87. The van der Waals surface area contributed by atoms with E-state index in [1.807, 2.05) is 17.5 Å². The Kier molecular flexibility index (Phi) is 4.71. The number of nitrogens with one attached hydrogen (secondary N) is 1. The molecule has 1 amide bonds. The zero-order valence-corrected chi connectivity index (χ0v) is 11.5. The first-order valence-corrected chi connectivity index (χ1v) is 6.85. The highest BCUT2D eigenvalue weighted by atomic mass is 35.5. The minimum atomic E-state index is -0.449. The van der Waals surface area contributed by atoms with E-state index >= 15 is 0 Å². The van der Waals surface area contributed by atoms with Crippen LogP contribution < -0.4 is 5.32 Å². The summed E-state index contributed by atoms with van der Waals surface area (Å²) in [5, 5.41) is 4.93. The fourth-order valence-corrected chi connectivity index (χ4v) is 2.35. The smallest absolute Gasteiger partial charge is 0.244 e. The Labute approximate surface area is 119 Å². The lowest BCUT2D eigenvalue weighted by Crippen LogP contribution is -2.19. The topological polar surface area (TPSA) is 29.1 Å². The Hall–Kier alpha value is -1.65. The van der Waals surface area contributed by atoms with E-state index in [0.29, 0.717) is 6.54 Å². The molecule has 0 atom stereocenters. The number of benzene rings is 1. The van der Waals surface area contributed by atoms with Gasteiger partial charge < -0.3 is 5.32 Å². The van der Waals surface area contributed by atoms with E-state index in [2.05, 4.69) is 5.32 Å². The molecule has 1 aromatic carbocycles. The first-order valence-electron chi connectivity index (χ1n) is 5.59. The van der Waals surface area contributed by atoms with Crippen LogP contribution >= 0.6 is 22.9 Å². The normalized spacial score (nSPS) is 10.8. The van der Waals surface area contributed by atoms with Gasteiger partial charge in [0.2, 0.25) is 5.91 Å². The molecule has 0 bridgehead atoms. The minimum Gasteiger partial charge on any atom is -0.348 e. The van der Waals surface area contributed by atoms with E-state index in [4.69, 9.17) is 11.6 Å². The van der Waals surface area contributed by atoms with Crippen LogP contribution in [0.2, 0.25) is 5.02 Å². The van der Waals surface area contributed by atoms with Gasteiger partial charge in [0.05, 0.1) is 11.6 Å². The van der Waals surface area contributed by atoms with Crippen molar-refractivity contribution in [3.63, 3.8) is 0 Å². The molecule has 1 aromatic heterocycles. The van der Waals surface area contributed by atoms with Gasteiger partial charge in [-0.15, -0.1) is 11.3 Å². The second-order valence-electron chi connectivity index (χ2n) is 3.77. The summed E-state index contributed by atoms with van der Waals surface area (Å²) < 4.78 is 13.4. The summed E-state index contributed by atoms with van der Waals surface area (Å²) in [4.78, 5) is 12.6. The summed E-state index contributed by atoms with van der Waals surface area (Å²) in [7, 11) is 0. The number of hydrogen-bond acceptors (Lipinski definition) is 2. The highest BCUT2D eigenvalue weighted by Gasteiger charge is 2.04. The SMILES string of the molecule is O=C(/C=C/c1c(F)cccc1Cl)NCc1cccs1. The van der Waals surface area contributed by atoms with Crippen molar-refractivity contribution in [2.24, 2.45) is 0 Å². The number of amides is 1. The van der Waals surface area contributed by atoms with Crippen molar-refractivity contribution in [3.05, 3.63) is 63.1 Å². The summed E-state index contributed by atoms with van der Waals surface area (Å²) in [5.41, 5.74) is 0.218. The molecule has 98 valence electrons. The molecule has 0 radical (unpaired) electrons. The van der Waals surface area contributed by atoms with Gasteiger partial charge in [-0.25, -0.2) is 4.39 Å². The molecule has 1 N–H and O–H groups in total. The third-order valence-corrected chi connectivity index (χ3v) is 3.62. The zero-order chi connectivity index (χ0) is 13.7. The first kappa shape index (κ1) is 13.8. The van der Waals surface area contributed by atoms with Crippen molar-refractivity contribution in [1.82, 2.24) is 5.32 Å². The summed E-state index contributed by atoms with van der Waals surface area (Å²) in [6.45, 7) is 0.464. The van der Waals surface area contributed by atoms with Crippen LogP contribution in [0.5, 0.6) is 0 Å². The van der Waals surface area contributed by atoms with Crippen molar-refractivity contribution >= 4 is 34.9 Å². The van der Waals surface area contributed by atoms with E-state index in [0.717, 1.165) is 4.88 Å². The maximum atomic E-state index is 13.4. The highest BCUT2D eigenvalue weighted by Crippen LogP contribution is 2.20. The van der Waals surface area contributed by atoms with Gasteiger partial charge in [-0.3, -0.25) is 4.79 Å². The molecular formula is C14H11ClFNOS. The Morgan fingerprint density at radius 2 is 2.21 bits per heavy atom. The molecule has 0 fully saturated rings. The van der Waals surface area contributed by atoms with Crippen LogP contribution in [0.4, 0.5) is 4.39 Å². The van der Waals surface area contributed by atoms with Crippen molar-refractivity contribution in [3.8, 4) is 0 Å². The van der Waals surface area contributed by atoms with Crippen LogP contribution in [-0.4, -0.2) is 5.91 Å². The molecule has 2 rings (SSSR count). The Morgan fingerprint density at radius 1 is 1.37 bits per heavy atom. The second kappa shape index (κ2) is 6.50. The number of carbonyl (C=O) groups is 1. The van der Waals surface area contributed by atoms with Gasteiger partial charge in [-0.2, -0.15) is 0 Å². The molecular weight excluding hydrogens is 285 g/mol. The molecule has 0 aliphatic rings. The number of carbonyl (C=O) groups excluding carboxylic acids is 1. The number of hydrogen-bond donors (Lipinski definition) is 1. The molecule has 0 aliphatic heterocycles. The van der Waals surface area contributed by atoms with Crippen LogP contribution in [0.3, 0.4) is 0 Å². The third kappa shape index (κ3) is 3.91. The second-order valence-corrected chi connectivity index (χ2v) is 5.21. The average Bonchev–Trinajstić information content (AvgIpc) is 2.89. The lowest BCUT2D eigenvalue weighted by atomic mass is 10.2.